The van der Waals surface area contributed by atoms with Crippen molar-refractivity contribution in [2.75, 3.05) is 75.1 Å². The summed E-state index contributed by atoms with van der Waals surface area (Å²) >= 11 is 0. The number of hydrogen-bond donors (Lipinski definition) is 6. The summed E-state index contributed by atoms with van der Waals surface area (Å²) in [4.78, 5) is 189. The average Bonchev–Trinajstić information content (AvgIpc) is 0.814. The van der Waals surface area contributed by atoms with Crippen molar-refractivity contribution < 1.29 is 67.4 Å². The van der Waals surface area contributed by atoms with Crippen LogP contribution in [0.3, 0.4) is 0 Å². The number of hydrogen-bond acceptors (Lipinski definition) is 14. The predicted octanol–water partition coefficient (Wildman–Crippen LogP) is 4.33. The fourth-order valence-electron chi connectivity index (χ4n) is 13.0. The monoisotopic (exact) mass is 1430 g/mol. The molecule has 2 aliphatic heterocycles. The molecule has 0 unspecified atom stereocenters. The number of piperidine rings is 1. The van der Waals surface area contributed by atoms with Crippen LogP contribution in [0.4, 0.5) is 0 Å². The zero-order valence-corrected chi connectivity index (χ0v) is 64.3. The second-order valence-corrected chi connectivity index (χ2v) is 30.8. The Morgan fingerprint density at radius 2 is 0.971 bits per heavy atom. The first-order valence-electron chi connectivity index (χ1n) is 36.5. The fraction of sp³-hybridized carbons (Fsp3) is 0.684. The van der Waals surface area contributed by atoms with Crippen molar-refractivity contribution in [2.45, 2.75) is 233 Å². The van der Waals surface area contributed by atoms with E-state index < -0.39 is 168 Å². The molecule has 0 radical (unpaired) electrons. The minimum atomic E-state index is -1.51. The molecule has 6 N–H and O–H groups in total. The molecule has 2 heterocycles. The van der Waals surface area contributed by atoms with Gasteiger partial charge in [-0.05, 0) is 119 Å². The van der Waals surface area contributed by atoms with Crippen molar-refractivity contribution in [1.82, 2.24) is 60.9 Å². The third kappa shape index (κ3) is 26.1. The van der Waals surface area contributed by atoms with Gasteiger partial charge in [0.15, 0.2) is 0 Å². The number of rotatable bonds is 19. The first-order chi connectivity index (χ1) is 47.8. The number of unbranched alkanes of at least 4 members (excludes halogenated alkanes) is 1. The predicted molar refractivity (Wildman–Crippen MR) is 390 cm³/mol. The number of carbonyl (C=O) groups excluding carboxylic acids is 12. The number of ether oxygens (including phenoxy) is 1. The smallest absolute Gasteiger partial charge is 0.247 e. The van der Waals surface area contributed by atoms with E-state index in [2.05, 4.69) is 26.6 Å². The summed E-state index contributed by atoms with van der Waals surface area (Å²) in [6, 6.07) is 4.57. The second kappa shape index (κ2) is 40.7. The van der Waals surface area contributed by atoms with Gasteiger partial charge in [-0.2, -0.15) is 0 Å². The molecule has 2 aromatic carbocycles. The highest BCUT2D eigenvalue weighted by molar-refractivity contribution is 6.00. The van der Waals surface area contributed by atoms with Crippen molar-refractivity contribution in [3.63, 3.8) is 0 Å². The van der Waals surface area contributed by atoms with Crippen LogP contribution >= 0.6 is 0 Å². The summed E-state index contributed by atoms with van der Waals surface area (Å²) in [5, 5.41) is 24.2. The Morgan fingerprint density at radius 1 is 0.500 bits per heavy atom. The van der Waals surface area contributed by atoms with E-state index in [-0.39, 0.29) is 75.7 Å². The fourth-order valence-corrected chi connectivity index (χ4v) is 13.0. The summed E-state index contributed by atoms with van der Waals surface area (Å²) in [6.45, 7) is 22.8. The molecule has 2 aromatic rings. The van der Waals surface area contributed by atoms with E-state index in [0.717, 1.165) is 11.3 Å². The normalized spacial score (nSPS) is 24.6. The Morgan fingerprint density at radius 3 is 1.47 bits per heavy atom. The standard InChI is InChI=1S/C76H122N12O14/c1-47(2)39-55-71(97)84(16)59(41-49(5)6)67(93)77-54(35-27-30-38-89)70(96)82(14)45-63(91)83(15)58(40-48(3)4)66(92)80-57(46-102-76(11,12)13)72(98)86(18)61(43-53-33-25-21-26-34-53)74(100)87(19)65(51(9)10)69(95)79-56(73(99)88-36-28-22-29-37-88)44-62(90)81-64(50(7)8)75(101)85(17)60(68(94)78-55)42-52-31-23-20-24-32-52/h20-21,23-26,31-34,47-51,54-61,64-65,89H,22,27-30,35-46H2,1-19H3,(H,77,93)(H,78,94)(H,79,95)(H,80,92)(H,81,90)/t54-,55-,56-,57-,58-,59-,60-,61-,64+,65-/m0/s1. The van der Waals surface area contributed by atoms with Gasteiger partial charge in [-0.3, -0.25) is 57.5 Å². The van der Waals surface area contributed by atoms with Crippen LogP contribution in [0, 0.1) is 29.6 Å². The summed E-state index contributed by atoms with van der Waals surface area (Å²) < 4.78 is 6.21. The van der Waals surface area contributed by atoms with Crippen molar-refractivity contribution in [3.8, 4) is 0 Å². The van der Waals surface area contributed by atoms with Gasteiger partial charge in [-0.25, -0.2) is 0 Å². The molecule has 4 rings (SSSR count). The van der Waals surface area contributed by atoms with Gasteiger partial charge in [0.1, 0.15) is 60.4 Å². The van der Waals surface area contributed by atoms with E-state index in [1.54, 1.807) is 114 Å². The van der Waals surface area contributed by atoms with Gasteiger partial charge in [-0.15, -0.1) is 0 Å². The molecular formula is C76H122N12O14. The third-order valence-corrected chi connectivity index (χ3v) is 18.9. The van der Waals surface area contributed by atoms with Crippen LogP contribution in [0.1, 0.15) is 165 Å². The van der Waals surface area contributed by atoms with Gasteiger partial charge in [0.2, 0.25) is 70.9 Å². The number of nitrogens with zero attached hydrogens (tertiary/aromatic N) is 7. The lowest BCUT2D eigenvalue weighted by Crippen LogP contribution is -2.62. The van der Waals surface area contributed by atoms with E-state index in [1.165, 1.54) is 66.8 Å². The van der Waals surface area contributed by atoms with Gasteiger partial charge in [-0.1, -0.05) is 130 Å². The molecule has 102 heavy (non-hydrogen) atoms. The van der Waals surface area contributed by atoms with E-state index >= 15 is 33.6 Å². The third-order valence-electron chi connectivity index (χ3n) is 18.9. The molecular weight excluding hydrogens is 1300 g/mol. The maximum absolute atomic E-state index is 15.5. The average molecular weight is 1430 g/mol. The number of aliphatic hydroxyl groups is 1. The maximum atomic E-state index is 15.5. The number of carbonyl (C=O) groups is 12. The largest absolute Gasteiger partial charge is 0.396 e. The number of nitrogens with one attached hydrogen (secondary N) is 5. The van der Waals surface area contributed by atoms with Crippen molar-refractivity contribution >= 4 is 70.9 Å². The molecule has 0 aliphatic carbocycles. The van der Waals surface area contributed by atoms with E-state index in [0.29, 0.717) is 37.1 Å². The van der Waals surface area contributed by atoms with Gasteiger partial charge in [0.25, 0.3) is 0 Å². The Labute approximate surface area is 606 Å². The minimum Gasteiger partial charge on any atom is -0.396 e. The molecule has 2 aliphatic rings. The van der Waals surface area contributed by atoms with Crippen LogP contribution < -0.4 is 26.6 Å². The maximum Gasteiger partial charge on any atom is 0.247 e. The molecule has 26 heteroatoms. The molecule has 12 amide bonds. The topological polar surface area (TPSA) is 317 Å². The van der Waals surface area contributed by atoms with E-state index in [9.17, 15) is 29.1 Å². The Balaban J connectivity index is 2.00. The molecule has 0 spiro atoms. The molecule has 2 fully saturated rings. The number of benzene rings is 2. The van der Waals surface area contributed by atoms with Gasteiger partial charge in [0.05, 0.1) is 25.2 Å². The van der Waals surface area contributed by atoms with Crippen LogP contribution in [-0.4, -0.2) is 251 Å². The van der Waals surface area contributed by atoms with Gasteiger partial charge < -0.3 is 70.7 Å². The lowest BCUT2D eigenvalue weighted by Gasteiger charge is -2.38. The number of amides is 12. The van der Waals surface area contributed by atoms with Crippen molar-refractivity contribution in [1.29, 1.82) is 0 Å². The molecule has 0 aromatic heterocycles. The van der Waals surface area contributed by atoms with Gasteiger partial charge in [0, 0.05) is 74.8 Å². The Kier molecular flexibility index (Phi) is 34.5. The lowest BCUT2D eigenvalue weighted by molar-refractivity contribution is -0.152. The number of aliphatic hydroxyl groups excluding tert-OH is 1. The first-order valence-corrected chi connectivity index (χ1v) is 36.5. The zero-order chi connectivity index (χ0) is 76.6. The minimum absolute atomic E-state index is 0.0214. The second-order valence-electron chi connectivity index (χ2n) is 30.8. The summed E-state index contributed by atoms with van der Waals surface area (Å²) in [5.74, 6) is -10.3. The van der Waals surface area contributed by atoms with Crippen molar-refractivity contribution in [2.24, 2.45) is 29.6 Å². The van der Waals surface area contributed by atoms with E-state index in [4.69, 9.17) is 4.74 Å². The number of likely N-dealkylation sites (tertiary alicyclic amines) is 1. The number of likely N-dealkylation sites (N-methyl/N-ethyl adjacent to an activating group) is 6. The van der Waals surface area contributed by atoms with E-state index in [1.807, 2.05) is 41.5 Å². The summed E-state index contributed by atoms with van der Waals surface area (Å²) in [7, 11) is 8.48. The molecule has 2 saturated heterocycles. The molecule has 570 valence electrons. The van der Waals surface area contributed by atoms with Gasteiger partial charge >= 0.3 is 0 Å². The molecule has 0 saturated carbocycles. The SMILES string of the molecule is CC(C)C[C@@H]1NC(=O)[C@H](Cc2ccccc2)N(C)C(=O)[C@@H](C(C)C)NC(=O)C[C@@H](C(=O)N2CCCCC2)NC(=O)[C@H](C(C)C)N(C)C(=O)[C@H](Cc2ccccc2)N(C)C(=O)[C@H](COC(C)(C)C)NC(=O)[C@H](CC(C)C)N(C)C(=O)CN(C)C(=O)[C@H](CCCCO)NC(=O)[C@H](CC(C)C)N(C)C1=O. The highest BCUT2D eigenvalue weighted by Gasteiger charge is 2.44. The Bertz CT molecular complexity index is 3120. The van der Waals surface area contributed by atoms with Crippen LogP contribution in [0.15, 0.2) is 60.7 Å². The quantitative estimate of drug-likeness (QED) is 0.107. The van der Waals surface area contributed by atoms with Crippen LogP contribution in [0.5, 0.6) is 0 Å². The summed E-state index contributed by atoms with van der Waals surface area (Å²) in [6.07, 6.45) is 2.28. The molecule has 26 nitrogen and oxygen atoms in total. The first kappa shape index (κ1) is 86.4. The Hall–Kier alpha value is -8.00. The molecule has 10 atom stereocenters. The molecule has 0 bridgehead atoms. The van der Waals surface area contributed by atoms with Crippen LogP contribution in [0.25, 0.3) is 0 Å². The van der Waals surface area contributed by atoms with Crippen LogP contribution in [-0.2, 0) is 75.1 Å². The highest BCUT2D eigenvalue weighted by atomic mass is 16.5. The highest BCUT2D eigenvalue weighted by Crippen LogP contribution is 2.24. The lowest BCUT2D eigenvalue weighted by atomic mass is 9.96. The summed E-state index contributed by atoms with van der Waals surface area (Å²) in [5.41, 5.74) is 0.444. The van der Waals surface area contributed by atoms with Crippen LogP contribution in [0.2, 0.25) is 0 Å². The van der Waals surface area contributed by atoms with Crippen molar-refractivity contribution in [3.05, 3.63) is 71.8 Å². The zero-order valence-electron chi connectivity index (χ0n) is 64.3.